The van der Waals surface area contributed by atoms with Gasteiger partial charge in [0, 0.05) is 35.9 Å². The Morgan fingerprint density at radius 3 is 2.57 bits per heavy atom. The number of aliphatic hydroxyl groups excluding tert-OH is 1. The lowest BCUT2D eigenvalue weighted by atomic mass is 9.94. The van der Waals surface area contributed by atoms with E-state index in [1.165, 1.54) is 18.2 Å². The van der Waals surface area contributed by atoms with E-state index in [4.69, 9.17) is 5.11 Å². The van der Waals surface area contributed by atoms with Gasteiger partial charge in [0.2, 0.25) is 0 Å². The summed E-state index contributed by atoms with van der Waals surface area (Å²) in [5.41, 5.74) is -0.574. The summed E-state index contributed by atoms with van der Waals surface area (Å²) < 4.78 is 27.8. The number of hydrogen-bond donors (Lipinski definition) is 3. The maximum atomic E-state index is 13.9. The van der Waals surface area contributed by atoms with Crippen molar-refractivity contribution in [2.45, 2.75) is 30.7 Å². The third-order valence-electron chi connectivity index (χ3n) is 4.11. The molecule has 1 aliphatic carbocycles. The highest BCUT2D eigenvalue weighted by molar-refractivity contribution is 7.98. The van der Waals surface area contributed by atoms with Crippen LogP contribution in [0.25, 0.3) is 0 Å². The molecule has 1 aromatic carbocycles. The Labute approximate surface area is 139 Å². The van der Waals surface area contributed by atoms with Crippen molar-refractivity contribution in [3.05, 3.63) is 35.4 Å². The standard InChI is InChI=1S/C16H22F2N2O2S/c1-23-9-11(5-8-21)20-15(22)19-10-16(6-7-16)14-12(17)3-2-4-13(14)18/h2-4,11,21H,5-10H2,1H3,(H2,19,20,22). The summed E-state index contributed by atoms with van der Waals surface area (Å²) in [5.74, 6) is -0.434. The predicted molar refractivity (Wildman–Crippen MR) is 87.7 cm³/mol. The van der Waals surface area contributed by atoms with Crippen LogP contribution in [0.2, 0.25) is 0 Å². The van der Waals surface area contributed by atoms with Crippen LogP contribution in [0.4, 0.5) is 13.6 Å². The van der Waals surface area contributed by atoms with E-state index in [0.29, 0.717) is 25.0 Å². The van der Waals surface area contributed by atoms with Crippen molar-refractivity contribution in [1.29, 1.82) is 0 Å². The monoisotopic (exact) mass is 344 g/mol. The average Bonchev–Trinajstić information content (AvgIpc) is 3.26. The largest absolute Gasteiger partial charge is 0.396 e. The van der Waals surface area contributed by atoms with Gasteiger partial charge in [-0.3, -0.25) is 0 Å². The molecule has 0 aromatic heterocycles. The minimum Gasteiger partial charge on any atom is -0.396 e. The molecule has 3 N–H and O–H groups in total. The number of carbonyl (C=O) groups excluding carboxylic acids is 1. The number of thioether (sulfide) groups is 1. The van der Waals surface area contributed by atoms with Gasteiger partial charge in [0.15, 0.2) is 0 Å². The van der Waals surface area contributed by atoms with Crippen molar-refractivity contribution in [3.63, 3.8) is 0 Å². The SMILES string of the molecule is CSCC(CCO)NC(=O)NCC1(c2c(F)cccc2F)CC1. The van der Waals surface area contributed by atoms with E-state index < -0.39 is 17.0 Å². The van der Waals surface area contributed by atoms with Crippen LogP contribution >= 0.6 is 11.8 Å². The summed E-state index contributed by atoms with van der Waals surface area (Å²) in [7, 11) is 0. The summed E-state index contributed by atoms with van der Waals surface area (Å²) in [6, 6.07) is 3.32. The van der Waals surface area contributed by atoms with Crippen molar-refractivity contribution < 1.29 is 18.7 Å². The summed E-state index contributed by atoms with van der Waals surface area (Å²) in [5, 5.41) is 14.5. The number of benzene rings is 1. The van der Waals surface area contributed by atoms with Gasteiger partial charge >= 0.3 is 6.03 Å². The fraction of sp³-hybridized carbons (Fsp3) is 0.562. The molecule has 0 heterocycles. The van der Waals surface area contributed by atoms with E-state index in [2.05, 4.69) is 10.6 Å². The fourth-order valence-electron chi connectivity index (χ4n) is 2.71. The zero-order chi connectivity index (χ0) is 16.9. The number of rotatable bonds is 8. The maximum absolute atomic E-state index is 13.9. The lowest BCUT2D eigenvalue weighted by molar-refractivity contribution is 0.230. The molecule has 7 heteroatoms. The Bertz CT molecular complexity index is 527. The van der Waals surface area contributed by atoms with Gasteiger partial charge in [0.25, 0.3) is 0 Å². The summed E-state index contributed by atoms with van der Waals surface area (Å²) in [6.07, 6.45) is 3.69. The van der Waals surface area contributed by atoms with Crippen molar-refractivity contribution in [2.75, 3.05) is 25.2 Å². The molecule has 1 fully saturated rings. The lowest BCUT2D eigenvalue weighted by Crippen LogP contribution is -2.46. The highest BCUT2D eigenvalue weighted by Crippen LogP contribution is 2.49. The minimum atomic E-state index is -0.640. The molecule has 4 nitrogen and oxygen atoms in total. The molecule has 1 saturated carbocycles. The highest BCUT2D eigenvalue weighted by Gasteiger charge is 2.48. The van der Waals surface area contributed by atoms with Crippen LogP contribution in [0.15, 0.2) is 18.2 Å². The second-order valence-electron chi connectivity index (χ2n) is 5.87. The number of hydrogen-bond acceptors (Lipinski definition) is 3. The van der Waals surface area contributed by atoms with Crippen LogP contribution in [0.3, 0.4) is 0 Å². The number of aliphatic hydroxyl groups is 1. The Morgan fingerprint density at radius 2 is 2.04 bits per heavy atom. The van der Waals surface area contributed by atoms with E-state index >= 15 is 0 Å². The van der Waals surface area contributed by atoms with Crippen molar-refractivity contribution in [2.24, 2.45) is 0 Å². The summed E-state index contributed by atoms with van der Waals surface area (Å²) in [4.78, 5) is 12.0. The predicted octanol–water partition coefficient (Wildman–Crippen LogP) is 2.41. The molecule has 1 unspecified atom stereocenters. The van der Waals surface area contributed by atoms with Gasteiger partial charge in [-0.2, -0.15) is 11.8 Å². The van der Waals surface area contributed by atoms with Gasteiger partial charge in [-0.1, -0.05) is 6.07 Å². The number of nitrogens with one attached hydrogen (secondary N) is 2. The number of carbonyl (C=O) groups is 1. The smallest absolute Gasteiger partial charge is 0.315 e. The van der Waals surface area contributed by atoms with Gasteiger partial charge in [-0.25, -0.2) is 13.6 Å². The van der Waals surface area contributed by atoms with Crippen LogP contribution in [0.1, 0.15) is 24.8 Å². The van der Waals surface area contributed by atoms with E-state index in [1.807, 2.05) is 6.26 Å². The molecule has 0 aliphatic heterocycles. The number of amides is 2. The first kappa shape index (κ1) is 18.0. The zero-order valence-electron chi connectivity index (χ0n) is 13.1. The van der Waals surface area contributed by atoms with Gasteiger partial charge in [0.05, 0.1) is 0 Å². The zero-order valence-corrected chi connectivity index (χ0v) is 13.9. The molecule has 0 bridgehead atoms. The molecule has 0 spiro atoms. The Morgan fingerprint density at radius 1 is 1.39 bits per heavy atom. The summed E-state index contributed by atoms with van der Waals surface area (Å²) in [6.45, 7) is 0.192. The molecule has 1 aliphatic rings. The molecule has 1 atom stereocenters. The van der Waals surface area contributed by atoms with E-state index in [0.717, 1.165) is 0 Å². The minimum absolute atomic E-state index is 0.00409. The van der Waals surface area contributed by atoms with Gasteiger partial charge in [-0.15, -0.1) is 0 Å². The molecular weight excluding hydrogens is 322 g/mol. The average molecular weight is 344 g/mol. The molecule has 0 radical (unpaired) electrons. The number of urea groups is 1. The molecular formula is C16H22F2N2O2S. The molecule has 2 rings (SSSR count). The first-order chi connectivity index (χ1) is 11.0. The van der Waals surface area contributed by atoms with Crippen molar-refractivity contribution in [1.82, 2.24) is 10.6 Å². The van der Waals surface area contributed by atoms with Crippen LogP contribution in [-0.2, 0) is 5.41 Å². The second kappa shape index (κ2) is 7.97. The van der Waals surface area contributed by atoms with Gasteiger partial charge in [-0.05, 0) is 37.7 Å². The quantitative estimate of drug-likeness (QED) is 0.679. The molecule has 23 heavy (non-hydrogen) atoms. The third-order valence-corrected chi connectivity index (χ3v) is 4.85. The van der Waals surface area contributed by atoms with E-state index in [-0.39, 0.29) is 30.8 Å². The number of halogens is 2. The van der Waals surface area contributed by atoms with Crippen molar-refractivity contribution in [3.8, 4) is 0 Å². The Hall–Kier alpha value is -1.34. The third kappa shape index (κ3) is 4.57. The highest BCUT2D eigenvalue weighted by atomic mass is 32.2. The maximum Gasteiger partial charge on any atom is 0.315 e. The van der Waals surface area contributed by atoms with E-state index in [1.54, 1.807) is 11.8 Å². The van der Waals surface area contributed by atoms with Gasteiger partial charge < -0.3 is 15.7 Å². The topological polar surface area (TPSA) is 61.4 Å². The van der Waals surface area contributed by atoms with Crippen LogP contribution in [-0.4, -0.2) is 42.3 Å². The molecule has 0 saturated heterocycles. The Kier molecular flexibility index (Phi) is 6.24. The van der Waals surface area contributed by atoms with E-state index in [9.17, 15) is 13.6 Å². The summed E-state index contributed by atoms with van der Waals surface area (Å²) >= 11 is 1.58. The molecule has 1 aromatic rings. The second-order valence-corrected chi connectivity index (χ2v) is 6.78. The first-order valence-corrected chi connectivity index (χ1v) is 9.00. The van der Waals surface area contributed by atoms with Crippen molar-refractivity contribution >= 4 is 17.8 Å². The normalized spacial score (nSPS) is 16.7. The van der Waals surface area contributed by atoms with Gasteiger partial charge in [0.1, 0.15) is 11.6 Å². The molecule has 128 valence electrons. The fourth-order valence-corrected chi connectivity index (χ4v) is 3.36. The lowest BCUT2D eigenvalue weighted by Gasteiger charge is -2.21. The molecule has 2 amide bonds. The van der Waals surface area contributed by atoms with Crippen LogP contribution < -0.4 is 10.6 Å². The first-order valence-electron chi connectivity index (χ1n) is 7.61. The van der Waals surface area contributed by atoms with Crippen LogP contribution in [0.5, 0.6) is 0 Å². The Balaban J connectivity index is 1.93. The van der Waals surface area contributed by atoms with Crippen LogP contribution in [0, 0.1) is 11.6 Å².